The van der Waals surface area contributed by atoms with Crippen molar-refractivity contribution in [2.45, 2.75) is 20.3 Å². The summed E-state index contributed by atoms with van der Waals surface area (Å²) in [4.78, 5) is 3.93. The van der Waals surface area contributed by atoms with Crippen LogP contribution in [0.2, 0.25) is 0 Å². The predicted octanol–water partition coefficient (Wildman–Crippen LogP) is 2.32. The molecule has 4 nitrogen and oxygen atoms in total. The Balaban J connectivity index is 2.27. The maximum Gasteiger partial charge on any atom is 0.153 e. The second kappa shape index (κ2) is 4.91. The van der Waals surface area contributed by atoms with Gasteiger partial charge in [-0.3, -0.25) is 0 Å². The van der Waals surface area contributed by atoms with Crippen molar-refractivity contribution in [1.82, 2.24) is 15.2 Å². The van der Waals surface area contributed by atoms with Gasteiger partial charge in [-0.05, 0) is 17.9 Å². The first-order chi connectivity index (χ1) is 8.16. The summed E-state index contributed by atoms with van der Waals surface area (Å²) in [7, 11) is 0. The maximum atomic E-state index is 5.76. The van der Waals surface area contributed by atoms with E-state index in [-0.39, 0.29) is 0 Å². The fourth-order valence-corrected chi connectivity index (χ4v) is 1.76. The molecule has 0 spiro atoms. The van der Waals surface area contributed by atoms with Crippen LogP contribution in [0.4, 0.5) is 5.82 Å². The van der Waals surface area contributed by atoms with Crippen LogP contribution in [0.25, 0.3) is 11.3 Å². The molecule has 2 aromatic rings. The smallest absolute Gasteiger partial charge is 0.153 e. The highest BCUT2D eigenvalue weighted by molar-refractivity contribution is 5.68. The lowest BCUT2D eigenvalue weighted by molar-refractivity contribution is 0.647. The molecule has 1 heterocycles. The number of anilines is 1. The van der Waals surface area contributed by atoms with Crippen molar-refractivity contribution in [2.24, 2.45) is 5.92 Å². The Morgan fingerprint density at radius 1 is 1.18 bits per heavy atom. The van der Waals surface area contributed by atoms with Gasteiger partial charge in [0.05, 0.1) is 0 Å². The Hall–Kier alpha value is -1.97. The van der Waals surface area contributed by atoms with Gasteiger partial charge in [-0.15, -0.1) is 10.2 Å². The van der Waals surface area contributed by atoms with Crippen molar-refractivity contribution < 1.29 is 0 Å². The zero-order valence-corrected chi connectivity index (χ0v) is 10.1. The number of hydrogen-bond donors (Lipinski definition) is 1. The van der Waals surface area contributed by atoms with Crippen LogP contribution in [0, 0.1) is 5.92 Å². The number of hydrogen-bond acceptors (Lipinski definition) is 4. The van der Waals surface area contributed by atoms with E-state index in [2.05, 4.69) is 41.2 Å². The predicted molar refractivity (Wildman–Crippen MR) is 68.2 cm³/mol. The molecular formula is C13H16N4. The van der Waals surface area contributed by atoms with Crippen LogP contribution in [0.15, 0.2) is 30.6 Å². The summed E-state index contributed by atoms with van der Waals surface area (Å²) in [6, 6.07) is 8.23. The Morgan fingerprint density at radius 2 is 1.88 bits per heavy atom. The third kappa shape index (κ3) is 2.78. The van der Waals surface area contributed by atoms with Crippen LogP contribution in [0.3, 0.4) is 0 Å². The van der Waals surface area contributed by atoms with Crippen molar-refractivity contribution in [3.63, 3.8) is 0 Å². The van der Waals surface area contributed by atoms with Crippen molar-refractivity contribution in [1.29, 1.82) is 0 Å². The topological polar surface area (TPSA) is 64.7 Å². The Morgan fingerprint density at radius 3 is 2.47 bits per heavy atom. The van der Waals surface area contributed by atoms with E-state index in [1.54, 1.807) is 0 Å². The van der Waals surface area contributed by atoms with Crippen molar-refractivity contribution in [3.8, 4) is 11.3 Å². The minimum Gasteiger partial charge on any atom is -0.382 e. The second-order valence-corrected chi connectivity index (χ2v) is 4.49. The average Bonchev–Trinajstić information content (AvgIpc) is 2.30. The highest BCUT2D eigenvalue weighted by Gasteiger charge is 2.05. The molecule has 0 unspecified atom stereocenters. The van der Waals surface area contributed by atoms with Crippen LogP contribution < -0.4 is 5.73 Å². The first-order valence-electron chi connectivity index (χ1n) is 5.69. The lowest BCUT2D eigenvalue weighted by Gasteiger charge is -2.06. The first-order valence-corrected chi connectivity index (χ1v) is 5.69. The lowest BCUT2D eigenvalue weighted by Crippen LogP contribution is -1.99. The number of aromatic nitrogens is 3. The van der Waals surface area contributed by atoms with Gasteiger partial charge in [0.2, 0.25) is 0 Å². The summed E-state index contributed by atoms with van der Waals surface area (Å²) in [6.07, 6.45) is 2.43. The van der Waals surface area contributed by atoms with Gasteiger partial charge in [-0.25, -0.2) is 4.98 Å². The fourth-order valence-electron chi connectivity index (χ4n) is 1.76. The molecular weight excluding hydrogens is 212 g/mol. The summed E-state index contributed by atoms with van der Waals surface area (Å²) in [5.41, 5.74) is 8.67. The first kappa shape index (κ1) is 11.5. The van der Waals surface area contributed by atoms with Gasteiger partial charge >= 0.3 is 0 Å². The van der Waals surface area contributed by atoms with Crippen LogP contribution in [0.5, 0.6) is 0 Å². The summed E-state index contributed by atoms with van der Waals surface area (Å²) >= 11 is 0. The van der Waals surface area contributed by atoms with Gasteiger partial charge in [0.1, 0.15) is 12.0 Å². The van der Waals surface area contributed by atoms with E-state index >= 15 is 0 Å². The van der Waals surface area contributed by atoms with E-state index in [4.69, 9.17) is 5.73 Å². The molecule has 0 fully saturated rings. The molecule has 1 aromatic heterocycles. The van der Waals surface area contributed by atoms with Crippen LogP contribution in [-0.2, 0) is 6.42 Å². The van der Waals surface area contributed by atoms with Gasteiger partial charge in [-0.1, -0.05) is 38.1 Å². The monoisotopic (exact) mass is 228 g/mol. The highest BCUT2D eigenvalue weighted by atomic mass is 15.1. The molecule has 0 saturated heterocycles. The van der Waals surface area contributed by atoms with E-state index in [0.29, 0.717) is 17.4 Å². The van der Waals surface area contributed by atoms with Crippen molar-refractivity contribution >= 4 is 5.82 Å². The summed E-state index contributed by atoms with van der Waals surface area (Å²) in [5.74, 6) is 1.07. The molecule has 1 aromatic carbocycles. The van der Waals surface area contributed by atoms with E-state index in [9.17, 15) is 0 Å². The SMILES string of the molecule is CC(C)Cc1ccc(-c2nncnc2N)cc1. The van der Waals surface area contributed by atoms with E-state index in [0.717, 1.165) is 12.0 Å². The Labute approximate surface area is 101 Å². The minimum absolute atomic E-state index is 0.414. The summed E-state index contributed by atoms with van der Waals surface area (Å²) in [6.45, 7) is 4.41. The van der Waals surface area contributed by atoms with Crippen molar-refractivity contribution in [3.05, 3.63) is 36.2 Å². The normalized spacial score (nSPS) is 10.8. The maximum absolute atomic E-state index is 5.76. The molecule has 0 aliphatic heterocycles. The zero-order chi connectivity index (χ0) is 12.3. The zero-order valence-electron chi connectivity index (χ0n) is 10.1. The van der Waals surface area contributed by atoms with Gasteiger partial charge in [-0.2, -0.15) is 0 Å². The fraction of sp³-hybridized carbons (Fsp3) is 0.308. The molecule has 88 valence electrons. The Kier molecular flexibility index (Phi) is 3.32. The molecule has 4 heteroatoms. The minimum atomic E-state index is 0.414. The summed E-state index contributed by atoms with van der Waals surface area (Å²) < 4.78 is 0. The standard InChI is InChI=1S/C13H16N4/c1-9(2)7-10-3-5-11(6-4-10)12-13(14)15-8-16-17-12/h3-6,8-9H,7H2,1-2H3,(H2,14,15,16). The Bertz CT molecular complexity index is 491. The van der Waals surface area contributed by atoms with E-state index in [1.807, 2.05) is 12.1 Å². The highest BCUT2D eigenvalue weighted by Crippen LogP contribution is 2.21. The molecule has 0 bridgehead atoms. The third-order valence-electron chi connectivity index (χ3n) is 2.52. The van der Waals surface area contributed by atoms with Gasteiger partial charge in [0.15, 0.2) is 5.82 Å². The molecule has 17 heavy (non-hydrogen) atoms. The molecule has 2 rings (SSSR count). The van der Waals surface area contributed by atoms with Gasteiger partial charge in [0.25, 0.3) is 0 Å². The quantitative estimate of drug-likeness (QED) is 0.875. The molecule has 0 amide bonds. The van der Waals surface area contributed by atoms with E-state index < -0.39 is 0 Å². The van der Waals surface area contributed by atoms with Gasteiger partial charge in [0, 0.05) is 5.56 Å². The number of benzene rings is 1. The molecule has 2 N–H and O–H groups in total. The number of rotatable bonds is 3. The summed E-state index contributed by atoms with van der Waals surface area (Å²) in [5, 5.41) is 7.75. The molecule has 0 aliphatic rings. The number of nitrogen functional groups attached to an aromatic ring is 1. The molecule has 0 saturated carbocycles. The molecule has 0 aliphatic carbocycles. The lowest BCUT2D eigenvalue weighted by atomic mass is 10.0. The molecule has 0 atom stereocenters. The van der Waals surface area contributed by atoms with E-state index in [1.165, 1.54) is 11.9 Å². The van der Waals surface area contributed by atoms with Crippen LogP contribution in [-0.4, -0.2) is 15.2 Å². The number of nitrogens with zero attached hydrogens (tertiary/aromatic N) is 3. The van der Waals surface area contributed by atoms with Gasteiger partial charge < -0.3 is 5.73 Å². The third-order valence-corrected chi connectivity index (χ3v) is 2.52. The molecule has 0 radical (unpaired) electrons. The van der Waals surface area contributed by atoms with Crippen LogP contribution in [0.1, 0.15) is 19.4 Å². The largest absolute Gasteiger partial charge is 0.382 e. The van der Waals surface area contributed by atoms with Crippen molar-refractivity contribution in [2.75, 3.05) is 5.73 Å². The van der Waals surface area contributed by atoms with Crippen LogP contribution >= 0.6 is 0 Å². The second-order valence-electron chi connectivity index (χ2n) is 4.49. The number of nitrogens with two attached hydrogens (primary N) is 1. The average molecular weight is 228 g/mol.